The van der Waals surface area contributed by atoms with Gasteiger partial charge < -0.3 is 5.32 Å². The Morgan fingerprint density at radius 3 is 2.10 bits per heavy atom. The quantitative estimate of drug-likeness (QED) is 0.871. The average Bonchev–Trinajstić information content (AvgIpc) is 2.43. The van der Waals surface area contributed by atoms with E-state index in [2.05, 4.69) is 17.4 Å². The maximum absolute atomic E-state index is 5.93. The van der Waals surface area contributed by atoms with E-state index < -0.39 is 0 Å². The molecule has 0 spiro atoms. The fourth-order valence-corrected chi connectivity index (χ4v) is 5.42. The number of benzene rings is 1. The number of hydrogen-bond donors (Lipinski definition) is 1. The first-order chi connectivity index (χ1) is 9.78. The summed E-state index contributed by atoms with van der Waals surface area (Å²) in [6.45, 7) is 1.12. The molecule has 0 atom stereocenters. The number of halogens is 1. The van der Waals surface area contributed by atoms with Gasteiger partial charge in [-0.3, -0.25) is 0 Å². The second-order valence-electron chi connectivity index (χ2n) is 7.29. The maximum atomic E-state index is 5.93. The molecular formula is C18H24ClN. The van der Waals surface area contributed by atoms with Gasteiger partial charge in [0, 0.05) is 11.1 Å². The van der Waals surface area contributed by atoms with E-state index in [0.29, 0.717) is 0 Å². The molecule has 108 valence electrons. The summed E-state index contributed by atoms with van der Waals surface area (Å²) in [5.41, 5.74) is 1.39. The summed E-state index contributed by atoms with van der Waals surface area (Å²) < 4.78 is 0. The summed E-state index contributed by atoms with van der Waals surface area (Å²) in [5, 5.41) is 4.73. The van der Waals surface area contributed by atoms with Gasteiger partial charge in [-0.05, 0) is 86.4 Å². The van der Waals surface area contributed by atoms with Crippen LogP contribution >= 0.6 is 11.6 Å². The first-order valence-electron chi connectivity index (χ1n) is 8.26. The van der Waals surface area contributed by atoms with Crippen LogP contribution in [0.15, 0.2) is 24.3 Å². The van der Waals surface area contributed by atoms with Crippen molar-refractivity contribution in [2.75, 3.05) is 6.54 Å². The smallest absolute Gasteiger partial charge is 0.0406 e. The van der Waals surface area contributed by atoms with Crippen LogP contribution in [0, 0.1) is 23.7 Å². The lowest BCUT2D eigenvalue weighted by atomic mass is 9.54. The Labute approximate surface area is 127 Å². The van der Waals surface area contributed by atoms with Crippen molar-refractivity contribution < 1.29 is 0 Å². The first-order valence-corrected chi connectivity index (χ1v) is 8.63. The van der Waals surface area contributed by atoms with Gasteiger partial charge >= 0.3 is 0 Å². The number of nitrogens with one attached hydrogen (secondary N) is 1. The fourth-order valence-electron chi connectivity index (χ4n) is 5.29. The molecule has 0 radical (unpaired) electrons. The van der Waals surface area contributed by atoms with E-state index in [-0.39, 0.29) is 0 Å². The van der Waals surface area contributed by atoms with Gasteiger partial charge in [-0.1, -0.05) is 23.7 Å². The van der Waals surface area contributed by atoms with Crippen molar-refractivity contribution >= 4 is 11.6 Å². The summed E-state index contributed by atoms with van der Waals surface area (Å²) in [6, 6.07) is 9.12. The Morgan fingerprint density at radius 1 is 0.900 bits per heavy atom. The summed E-state index contributed by atoms with van der Waals surface area (Å²) in [4.78, 5) is 0. The summed E-state index contributed by atoms with van der Waals surface area (Å²) in [6.07, 6.45) is 8.69. The highest BCUT2D eigenvalue weighted by Crippen LogP contribution is 2.53. The molecule has 0 aliphatic heterocycles. The summed E-state index contributed by atoms with van der Waals surface area (Å²) >= 11 is 5.93. The molecule has 1 aromatic carbocycles. The van der Waals surface area contributed by atoms with Crippen LogP contribution in [-0.4, -0.2) is 12.6 Å². The Kier molecular flexibility index (Phi) is 3.52. The van der Waals surface area contributed by atoms with Crippen LogP contribution in [0.2, 0.25) is 5.02 Å². The van der Waals surface area contributed by atoms with Gasteiger partial charge in [0.25, 0.3) is 0 Å². The number of rotatable bonds is 4. The molecule has 1 nitrogen and oxygen atoms in total. The standard InChI is InChI=1S/C18H24ClN/c19-17-3-1-12(2-4-17)5-6-20-18-15-8-13-7-14(10-15)11-16(18)9-13/h1-4,13-16,18,20H,5-11H2. The largest absolute Gasteiger partial charge is 0.313 e. The molecule has 20 heavy (non-hydrogen) atoms. The van der Waals surface area contributed by atoms with Crippen molar-refractivity contribution in [2.45, 2.75) is 44.6 Å². The van der Waals surface area contributed by atoms with Crippen LogP contribution < -0.4 is 5.32 Å². The SMILES string of the molecule is Clc1ccc(CCNC2C3CC4CC(C3)CC2C4)cc1. The van der Waals surface area contributed by atoms with Gasteiger partial charge in [0.1, 0.15) is 0 Å². The molecule has 1 aromatic rings. The molecule has 0 unspecified atom stereocenters. The molecule has 4 bridgehead atoms. The predicted octanol–water partition coefficient (Wildman–Crippen LogP) is 4.30. The van der Waals surface area contributed by atoms with E-state index in [0.717, 1.165) is 47.7 Å². The van der Waals surface area contributed by atoms with Gasteiger partial charge in [-0.2, -0.15) is 0 Å². The molecule has 2 heteroatoms. The second-order valence-corrected chi connectivity index (χ2v) is 7.72. The normalized spacial score (nSPS) is 38.4. The molecule has 0 saturated heterocycles. The predicted molar refractivity (Wildman–Crippen MR) is 84.0 cm³/mol. The van der Waals surface area contributed by atoms with Crippen molar-refractivity contribution in [3.8, 4) is 0 Å². The summed E-state index contributed by atoms with van der Waals surface area (Å²) in [7, 11) is 0. The minimum atomic E-state index is 0.815. The van der Waals surface area contributed by atoms with E-state index >= 15 is 0 Å². The summed E-state index contributed by atoms with van der Waals surface area (Å²) in [5.74, 6) is 4.12. The van der Waals surface area contributed by atoms with E-state index in [9.17, 15) is 0 Å². The minimum Gasteiger partial charge on any atom is -0.313 e. The van der Waals surface area contributed by atoms with Crippen LogP contribution in [0.3, 0.4) is 0 Å². The van der Waals surface area contributed by atoms with Gasteiger partial charge in [0.05, 0.1) is 0 Å². The third kappa shape index (κ3) is 2.51. The Morgan fingerprint density at radius 2 is 1.50 bits per heavy atom. The lowest BCUT2D eigenvalue weighted by molar-refractivity contribution is -0.0133. The molecular weight excluding hydrogens is 266 g/mol. The van der Waals surface area contributed by atoms with E-state index in [1.165, 1.54) is 31.2 Å². The zero-order valence-corrected chi connectivity index (χ0v) is 12.8. The molecule has 4 fully saturated rings. The third-order valence-corrected chi connectivity index (χ3v) is 6.19. The van der Waals surface area contributed by atoms with Crippen molar-refractivity contribution in [3.05, 3.63) is 34.9 Å². The van der Waals surface area contributed by atoms with Crippen LogP contribution in [0.5, 0.6) is 0 Å². The average molecular weight is 290 g/mol. The van der Waals surface area contributed by atoms with Crippen molar-refractivity contribution in [2.24, 2.45) is 23.7 Å². The molecule has 0 aromatic heterocycles. The highest BCUT2D eigenvalue weighted by Gasteiger charge is 2.47. The van der Waals surface area contributed by atoms with Crippen LogP contribution in [0.4, 0.5) is 0 Å². The molecule has 1 N–H and O–H groups in total. The van der Waals surface area contributed by atoms with Gasteiger partial charge in [0.15, 0.2) is 0 Å². The first kappa shape index (κ1) is 13.2. The van der Waals surface area contributed by atoms with Crippen LogP contribution in [-0.2, 0) is 6.42 Å². The van der Waals surface area contributed by atoms with Crippen LogP contribution in [0.1, 0.15) is 37.7 Å². The van der Waals surface area contributed by atoms with E-state index in [1.807, 2.05) is 12.1 Å². The molecule has 4 aliphatic rings. The lowest BCUT2D eigenvalue weighted by Gasteiger charge is -2.54. The third-order valence-electron chi connectivity index (χ3n) is 5.93. The van der Waals surface area contributed by atoms with Crippen molar-refractivity contribution in [1.29, 1.82) is 0 Å². The Balaban J connectivity index is 1.32. The van der Waals surface area contributed by atoms with Crippen molar-refractivity contribution in [3.63, 3.8) is 0 Å². The number of hydrogen-bond acceptors (Lipinski definition) is 1. The van der Waals surface area contributed by atoms with E-state index in [4.69, 9.17) is 11.6 Å². The second kappa shape index (κ2) is 5.35. The Hall–Kier alpha value is -0.530. The highest BCUT2D eigenvalue weighted by molar-refractivity contribution is 6.30. The molecule has 0 heterocycles. The topological polar surface area (TPSA) is 12.0 Å². The van der Waals surface area contributed by atoms with Gasteiger partial charge in [-0.25, -0.2) is 0 Å². The monoisotopic (exact) mass is 289 g/mol. The zero-order chi connectivity index (χ0) is 13.5. The molecule has 4 saturated carbocycles. The zero-order valence-electron chi connectivity index (χ0n) is 12.0. The maximum Gasteiger partial charge on any atom is 0.0406 e. The van der Waals surface area contributed by atoms with Gasteiger partial charge in [0.2, 0.25) is 0 Å². The lowest BCUT2D eigenvalue weighted by Crippen LogP contribution is -2.54. The van der Waals surface area contributed by atoms with E-state index in [1.54, 1.807) is 6.42 Å². The Bertz CT molecular complexity index is 439. The highest BCUT2D eigenvalue weighted by atomic mass is 35.5. The van der Waals surface area contributed by atoms with Gasteiger partial charge in [-0.15, -0.1) is 0 Å². The minimum absolute atomic E-state index is 0.815. The molecule has 5 rings (SSSR count). The molecule has 0 amide bonds. The fraction of sp³-hybridized carbons (Fsp3) is 0.667. The van der Waals surface area contributed by atoms with Crippen molar-refractivity contribution in [1.82, 2.24) is 5.32 Å². The van der Waals surface area contributed by atoms with Crippen LogP contribution in [0.25, 0.3) is 0 Å². The molecule has 4 aliphatic carbocycles.